The first kappa shape index (κ1) is 18.1. The third-order valence-corrected chi connectivity index (χ3v) is 6.75. The fraction of sp³-hybridized carbons (Fsp3) is 0.556. The summed E-state index contributed by atoms with van der Waals surface area (Å²) >= 11 is 0. The van der Waals surface area contributed by atoms with Gasteiger partial charge in [-0.15, -0.1) is 0 Å². The van der Waals surface area contributed by atoms with E-state index in [2.05, 4.69) is 5.32 Å². The molecule has 136 valence electrons. The highest BCUT2D eigenvalue weighted by molar-refractivity contribution is 7.91. The number of carbonyl (C=O) groups excluding carboxylic acids is 2. The summed E-state index contributed by atoms with van der Waals surface area (Å²) in [4.78, 5) is 26.6. The molecule has 2 aliphatic heterocycles. The quantitative estimate of drug-likeness (QED) is 0.785. The van der Waals surface area contributed by atoms with Crippen molar-refractivity contribution in [2.24, 2.45) is 5.92 Å². The molecule has 0 aliphatic carbocycles. The van der Waals surface area contributed by atoms with Crippen LogP contribution in [0.4, 0.5) is 0 Å². The van der Waals surface area contributed by atoms with E-state index in [1.54, 1.807) is 0 Å². The minimum atomic E-state index is -2.98. The predicted molar refractivity (Wildman–Crippen MR) is 95.1 cm³/mol. The summed E-state index contributed by atoms with van der Waals surface area (Å²) in [5, 5.41) is 2.81. The molecule has 7 heteroatoms. The van der Waals surface area contributed by atoms with Gasteiger partial charge in [-0.3, -0.25) is 14.5 Å². The molecular weight excluding hydrogens is 340 g/mol. The zero-order valence-electron chi connectivity index (χ0n) is 14.2. The summed E-state index contributed by atoms with van der Waals surface area (Å²) in [6.45, 7) is 1.68. The van der Waals surface area contributed by atoms with E-state index in [1.807, 2.05) is 35.2 Å². The van der Waals surface area contributed by atoms with Crippen LogP contribution in [0.25, 0.3) is 0 Å². The fourth-order valence-electron chi connectivity index (χ4n) is 3.58. The Hall–Kier alpha value is -1.73. The Morgan fingerprint density at radius 3 is 2.36 bits per heavy atom. The molecule has 0 bridgehead atoms. The molecule has 1 aromatic carbocycles. The number of nitrogens with one attached hydrogen (secondary N) is 1. The fourth-order valence-corrected chi connectivity index (χ4v) is 5.25. The van der Waals surface area contributed by atoms with Crippen LogP contribution in [0.3, 0.4) is 0 Å². The van der Waals surface area contributed by atoms with Gasteiger partial charge < -0.3 is 5.32 Å². The zero-order valence-corrected chi connectivity index (χ0v) is 15.0. The molecule has 1 N–H and O–H groups in total. The number of benzene rings is 1. The van der Waals surface area contributed by atoms with Crippen LogP contribution >= 0.6 is 0 Å². The lowest BCUT2D eigenvalue weighted by Crippen LogP contribution is -2.45. The summed E-state index contributed by atoms with van der Waals surface area (Å²) in [6.07, 6.45) is 2.00. The van der Waals surface area contributed by atoms with E-state index in [0.29, 0.717) is 19.5 Å². The summed E-state index contributed by atoms with van der Waals surface area (Å²) in [5.41, 5.74) is 0.751. The number of nitrogens with zero attached hydrogens (tertiary/aromatic N) is 1. The third-order valence-electron chi connectivity index (χ3n) is 4.98. The van der Waals surface area contributed by atoms with Gasteiger partial charge in [-0.2, -0.15) is 0 Å². The van der Waals surface area contributed by atoms with Gasteiger partial charge in [0.05, 0.1) is 18.1 Å². The van der Waals surface area contributed by atoms with E-state index in [-0.39, 0.29) is 41.7 Å². The molecule has 1 amide bonds. The molecule has 0 saturated carbocycles. The van der Waals surface area contributed by atoms with E-state index in [9.17, 15) is 18.0 Å². The molecule has 25 heavy (non-hydrogen) atoms. The lowest BCUT2D eigenvalue weighted by atomic mass is 9.89. The average molecular weight is 364 g/mol. The minimum Gasteiger partial charge on any atom is -0.351 e. The van der Waals surface area contributed by atoms with Gasteiger partial charge in [-0.1, -0.05) is 30.3 Å². The average Bonchev–Trinajstić information content (AvgIpc) is 2.94. The van der Waals surface area contributed by atoms with Crippen LogP contribution in [0, 0.1) is 5.92 Å². The highest BCUT2D eigenvalue weighted by Crippen LogP contribution is 2.21. The Labute approximate surface area is 148 Å². The standard InChI is InChI=1S/C18H24N2O4S/c21-17(19-16-8-11-25(23,24)13-16)12-20-9-6-15(7-10-20)18(22)14-4-2-1-3-5-14/h1-5,15-16H,6-13H2,(H,19,21)/t16-/m1/s1. The van der Waals surface area contributed by atoms with E-state index in [0.717, 1.165) is 18.4 Å². The predicted octanol–water partition coefficient (Wildman–Crippen LogP) is 0.885. The second-order valence-corrected chi connectivity index (χ2v) is 9.18. The number of carbonyl (C=O) groups is 2. The van der Waals surface area contributed by atoms with Gasteiger partial charge in [0.1, 0.15) is 0 Å². The summed E-state index contributed by atoms with van der Waals surface area (Å²) < 4.78 is 22.9. The molecule has 0 radical (unpaired) electrons. The van der Waals surface area contributed by atoms with Crippen molar-refractivity contribution in [3.05, 3.63) is 35.9 Å². The Morgan fingerprint density at radius 1 is 1.08 bits per heavy atom. The van der Waals surface area contributed by atoms with Crippen LogP contribution in [0.5, 0.6) is 0 Å². The molecule has 6 nitrogen and oxygen atoms in total. The molecule has 1 aromatic rings. The van der Waals surface area contributed by atoms with Gasteiger partial charge >= 0.3 is 0 Å². The van der Waals surface area contributed by atoms with Gasteiger partial charge in [0.2, 0.25) is 5.91 Å². The summed E-state index contributed by atoms with van der Waals surface area (Å²) in [5.74, 6) is 0.273. The number of Topliss-reactive ketones (excluding diaryl/α,β-unsaturated/α-hetero) is 1. The maximum Gasteiger partial charge on any atom is 0.234 e. The molecule has 0 spiro atoms. The van der Waals surface area contributed by atoms with Gasteiger partial charge in [0, 0.05) is 17.5 Å². The molecular formula is C18H24N2O4S. The van der Waals surface area contributed by atoms with Crippen molar-refractivity contribution in [1.29, 1.82) is 0 Å². The van der Waals surface area contributed by atoms with Crippen LogP contribution in [0.1, 0.15) is 29.6 Å². The van der Waals surface area contributed by atoms with Gasteiger partial charge in [-0.25, -0.2) is 8.42 Å². The Morgan fingerprint density at radius 2 is 1.76 bits per heavy atom. The number of hydrogen-bond donors (Lipinski definition) is 1. The lowest BCUT2D eigenvalue weighted by molar-refractivity contribution is -0.123. The Kier molecular flexibility index (Phi) is 5.54. The van der Waals surface area contributed by atoms with E-state index < -0.39 is 9.84 Å². The number of ketones is 1. The molecule has 1 atom stereocenters. The van der Waals surface area contributed by atoms with Crippen molar-refractivity contribution in [2.45, 2.75) is 25.3 Å². The highest BCUT2D eigenvalue weighted by Gasteiger charge is 2.30. The van der Waals surface area contributed by atoms with Gasteiger partial charge in [-0.05, 0) is 32.4 Å². The number of piperidine rings is 1. The molecule has 0 aromatic heterocycles. The number of hydrogen-bond acceptors (Lipinski definition) is 5. The number of rotatable bonds is 5. The van der Waals surface area contributed by atoms with Crippen LogP contribution in [0.15, 0.2) is 30.3 Å². The number of sulfone groups is 1. The van der Waals surface area contributed by atoms with E-state index in [4.69, 9.17) is 0 Å². The molecule has 2 saturated heterocycles. The molecule has 2 heterocycles. The normalized spacial score (nSPS) is 24.1. The van der Waals surface area contributed by atoms with E-state index in [1.165, 1.54) is 0 Å². The third kappa shape index (κ3) is 4.89. The molecule has 0 unspecified atom stereocenters. The van der Waals surface area contributed by atoms with Crippen molar-refractivity contribution >= 4 is 21.5 Å². The molecule has 2 fully saturated rings. The SMILES string of the molecule is O=C(CN1CCC(C(=O)c2ccccc2)CC1)N[C@@H]1CCS(=O)(=O)C1. The van der Waals surface area contributed by atoms with Crippen LogP contribution < -0.4 is 5.32 Å². The largest absolute Gasteiger partial charge is 0.351 e. The first-order chi connectivity index (χ1) is 11.9. The Bertz CT molecular complexity index is 725. The van der Waals surface area contributed by atoms with Crippen molar-refractivity contribution < 1.29 is 18.0 Å². The highest BCUT2D eigenvalue weighted by atomic mass is 32.2. The van der Waals surface area contributed by atoms with Crippen molar-refractivity contribution in [2.75, 3.05) is 31.1 Å². The van der Waals surface area contributed by atoms with Crippen molar-refractivity contribution in [3.63, 3.8) is 0 Å². The second-order valence-electron chi connectivity index (χ2n) is 6.95. The van der Waals surface area contributed by atoms with Crippen LogP contribution in [0.2, 0.25) is 0 Å². The molecule has 2 aliphatic rings. The van der Waals surface area contributed by atoms with Gasteiger partial charge in [0.15, 0.2) is 15.6 Å². The first-order valence-electron chi connectivity index (χ1n) is 8.74. The summed E-state index contributed by atoms with van der Waals surface area (Å²) in [6, 6.07) is 9.07. The number of amides is 1. The molecule has 3 rings (SSSR count). The smallest absolute Gasteiger partial charge is 0.234 e. The van der Waals surface area contributed by atoms with Crippen LogP contribution in [-0.2, 0) is 14.6 Å². The first-order valence-corrected chi connectivity index (χ1v) is 10.6. The second kappa shape index (κ2) is 7.66. The lowest BCUT2D eigenvalue weighted by Gasteiger charge is -2.31. The maximum atomic E-state index is 12.5. The van der Waals surface area contributed by atoms with Gasteiger partial charge in [0.25, 0.3) is 0 Å². The zero-order chi connectivity index (χ0) is 17.9. The van der Waals surface area contributed by atoms with Crippen molar-refractivity contribution in [1.82, 2.24) is 10.2 Å². The minimum absolute atomic E-state index is 0.0155. The monoisotopic (exact) mass is 364 g/mol. The van der Waals surface area contributed by atoms with Crippen LogP contribution in [-0.4, -0.2) is 62.2 Å². The van der Waals surface area contributed by atoms with E-state index >= 15 is 0 Å². The topological polar surface area (TPSA) is 83.6 Å². The maximum absolute atomic E-state index is 12.5. The van der Waals surface area contributed by atoms with Crippen molar-refractivity contribution in [3.8, 4) is 0 Å². The summed E-state index contributed by atoms with van der Waals surface area (Å²) in [7, 11) is -2.98. The number of likely N-dealkylation sites (tertiary alicyclic amines) is 1. The Balaban J connectivity index is 1.43.